The summed E-state index contributed by atoms with van der Waals surface area (Å²) in [6.07, 6.45) is 5.91. The van der Waals surface area contributed by atoms with Crippen LogP contribution in [0.3, 0.4) is 0 Å². The first-order chi connectivity index (χ1) is 10.1. The molecule has 7 heteroatoms. The first-order valence-corrected chi connectivity index (χ1v) is 9.91. The maximum absolute atomic E-state index is 12.6. The normalized spacial score (nSPS) is 22.4. The van der Waals surface area contributed by atoms with E-state index in [1.807, 2.05) is 18.7 Å². The van der Waals surface area contributed by atoms with Crippen LogP contribution in [0.2, 0.25) is 0 Å². The highest BCUT2D eigenvalue weighted by molar-refractivity contribution is 7.99. The predicted molar refractivity (Wildman–Crippen MR) is 88.3 cm³/mol. The molecule has 2 rings (SSSR count). The smallest absolute Gasteiger partial charge is 0.244 e. The zero-order valence-corrected chi connectivity index (χ0v) is 14.1. The lowest BCUT2D eigenvalue weighted by atomic mass is 10.3. The molecule has 2 atom stereocenters. The van der Waals surface area contributed by atoms with Crippen molar-refractivity contribution in [2.75, 3.05) is 17.6 Å². The van der Waals surface area contributed by atoms with Crippen LogP contribution in [0.4, 0.5) is 5.69 Å². The van der Waals surface area contributed by atoms with Crippen molar-refractivity contribution in [3.05, 3.63) is 18.5 Å². The summed E-state index contributed by atoms with van der Waals surface area (Å²) in [5, 5.41) is 3.65. The number of anilines is 1. The monoisotopic (exact) mass is 329 g/mol. The van der Waals surface area contributed by atoms with Crippen molar-refractivity contribution in [2.45, 2.75) is 49.3 Å². The van der Waals surface area contributed by atoms with Crippen LogP contribution in [0.15, 0.2) is 23.4 Å². The highest BCUT2D eigenvalue weighted by Gasteiger charge is 2.29. The van der Waals surface area contributed by atoms with Crippen LogP contribution in [-0.4, -0.2) is 37.0 Å². The van der Waals surface area contributed by atoms with E-state index in [2.05, 4.69) is 21.9 Å². The van der Waals surface area contributed by atoms with Gasteiger partial charge in [-0.3, -0.25) is 4.98 Å². The third kappa shape index (κ3) is 4.34. The molecule has 0 radical (unpaired) electrons. The van der Waals surface area contributed by atoms with E-state index in [0.717, 1.165) is 25.0 Å². The second-order valence-corrected chi connectivity index (χ2v) is 8.37. The third-order valence-corrected chi connectivity index (χ3v) is 6.33. The van der Waals surface area contributed by atoms with Gasteiger partial charge in [0.2, 0.25) is 10.0 Å². The quantitative estimate of drug-likeness (QED) is 0.804. The number of thioether (sulfide) groups is 1. The molecular formula is C14H23N3O2S2. The van der Waals surface area contributed by atoms with Crippen LogP contribution in [0.1, 0.15) is 33.1 Å². The fourth-order valence-corrected chi connectivity index (χ4v) is 5.20. The van der Waals surface area contributed by atoms with Crippen LogP contribution < -0.4 is 10.0 Å². The van der Waals surface area contributed by atoms with Gasteiger partial charge in [0, 0.05) is 30.2 Å². The molecule has 0 spiro atoms. The Morgan fingerprint density at radius 2 is 2.19 bits per heavy atom. The van der Waals surface area contributed by atoms with E-state index >= 15 is 0 Å². The second kappa shape index (κ2) is 7.47. The lowest BCUT2D eigenvalue weighted by molar-refractivity contribution is 0.552. The van der Waals surface area contributed by atoms with Crippen molar-refractivity contribution < 1.29 is 8.42 Å². The number of sulfonamides is 1. The van der Waals surface area contributed by atoms with Crippen molar-refractivity contribution in [1.82, 2.24) is 9.71 Å². The number of pyridine rings is 1. The Labute approximate surface area is 131 Å². The standard InChI is InChI=1S/C14H23N3O2S2/c1-3-16-13-7-8-15-10-14(13)21(18,19)17-11-5-6-12(9-11)20-4-2/h7-8,10-12,17H,3-6,9H2,1-2H3,(H,15,16). The Bertz CT molecular complexity index is 563. The van der Waals surface area contributed by atoms with Gasteiger partial charge in [-0.1, -0.05) is 6.92 Å². The number of aromatic nitrogens is 1. The Balaban J connectivity index is 2.09. The minimum absolute atomic E-state index is 0.0359. The maximum atomic E-state index is 12.6. The molecule has 0 amide bonds. The Kier molecular flexibility index (Phi) is 5.89. The molecule has 1 saturated carbocycles. The molecule has 2 N–H and O–H groups in total. The first kappa shape index (κ1) is 16.6. The Morgan fingerprint density at radius 1 is 1.38 bits per heavy atom. The van der Waals surface area contributed by atoms with E-state index < -0.39 is 10.0 Å². The van der Waals surface area contributed by atoms with Gasteiger partial charge in [0.05, 0.1) is 5.69 Å². The molecular weight excluding hydrogens is 306 g/mol. The number of nitrogens with zero attached hydrogens (tertiary/aromatic N) is 1. The Hall–Kier alpha value is -0.790. The molecule has 0 aromatic carbocycles. The minimum Gasteiger partial charge on any atom is -0.384 e. The predicted octanol–water partition coefficient (Wildman–Crippen LogP) is 2.47. The van der Waals surface area contributed by atoms with E-state index in [1.165, 1.54) is 6.20 Å². The fraction of sp³-hybridized carbons (Fsp3) is 0.643. The third-order valence-electron chi connectivity index (χ3n) is 3.55. The maximum Gasteiger partial charge on any atom is 0.244 e. The van der Waals surface area contributed by atoms with Crippen LogP contribution in [0.25, 0.3) is 0 Å². The van der Waals surface area contributed by atoms with Gasteiger partial charge in [0.15, 0.2) is 0 Å². The summed E-state index contributed by atoms with van der Waals surface area (Å²) < 4.78 is 27.9. The van der Waals surface area contributed by atoms with Gasteiger partial charge in [0.25, 0.3) is 0 Å². The van der Waals surface area contributed by atoms with Gasteiger partial charge in [-0.2, -0.15) is 11.8 Å². The molecule has 0 aliphatic heterocycles. The highest BCUT2D eigenvalue weighted by atomic mass is 32.2. The molecule has 1 aromatic heterocycles. The molecule has 118 valence electrons. The number of rotatable bonds is 7. The SMILES string of the molecule is CCNc1ccncc1S(=O)(=O)NC1CCC(SCC)C1. The molecule has 1 fully saturated rings. The van der Waals surface area contributed by atoms with Gasteiger partial charge >= 0.3 is 0 Å². The largest absolute Gasteiger partial charge is 0.384 e. The molecule has 21 heavy (non-hydrogen) atoms. The van der Waals surface area contributed by atoms with Gasteiger partial charge in [0.1, 0.15) is 4.90 Å². The van der Waals surface area contributed by atoms with Gasteiger partial charge in [-0.05, 0) is 38.0 Å². The molecule has 2 unspecified atom stereocenters. The fourth-order valence-electron chi connectivity index (χ4n) is 2.65. The van der Waals surface area contributed by atoms with Crippen molar-refractivity contribution in [3.8, 4) is 0 Å². The number of hydrogen-bond donors (Lipinski definition) is 2. The average Bonchev–Trinajstić information content (AvgIpc) is 2.86. The molecule has 5 nitrogen and oxygen atoms in total. The molecule has 0 bridgehead atoms. The number of nitrogens with one attached hydrogen (secondary N) is 2. The van der Waals surface area contributed by atoms with Crippen molar-refractivity contribution >= 4 is 27.5 Å². The molecule has 1 aliphatic carbocycles. The molecule has 1 heterocycles. The zero-order valence-electron chi connectivity index (χ0n) is 12.5. The van der Waals surface area contributed by atoms with Crippen molar-refractivity contribution in [1.29, 1.82) is 0 Å². The summed E-state index contributed by atoms with van der Waals surface area (Å²) in [6, 6.07) is 1.73. The average molecular weight is 329 g/mol. The minimum atomic E-state index is -3.52. The van der Waals surface area contributed by atoms with Crippen LogP contribution in [0, 0.1) is 0 Å². The highest BCUT2D eigenvalue weighted by Crippen LogP contribution is 2.31. The van der Waals surface area contributed by atoms with Crippen LogP contribution >= 0.6 is 11.8 Å². The lowest BCUT2D eigenvalue weighted by Crippen LogP contribution is -2.33. The van der Waals surface area contributed by atoms with Crippen LogP contribution in [0.5, 0.6) is 0 Å². The zero-order chi connectivity index (χ0) is 15.3. The molecule has 0 saturated heterocycles. The first-order valence-electron chi connectivity index (χ1n) is 7.38. The van der Waals surface area contributed by atoms with E-state index in [-0.39, 0.29) is 10.9 Å². The summed E-state index contributed by atoms with van der Waals surface area (Å²) in [7, 11) is -3.52. The van der Waals surface area contributed by atoms with E-state index in [9.17, 15) is 8.42 Å². The van der Waals surface area contributed by atoms with Gasteiger partial charge < -0.3 is 5.32 Å². The van der Waals surface area contributed by atoms with Crippen LogP contribution in [-0.2, 0) is 10.0 Å². The topological polar surface area (TPSA) is 71.1 Å². The summed E-state index contributed by atoms with van der Waals surface area (Å²) in [6.45, 7) is 4.75. The van der Waals surface area contributed by atoms with E-state index in [0.29, 0.717) is 17.5 Å². The summed E-state index contributed by atoms with van der Waals surface area (Å²) in [4.78, 5) is 4.18. The molecule has 1 aliphatic rings. The van der Waals surface area contributed by atoms with E-state index in [1.54, 1.807) is 12.3 Å². The summed E-state index contributed by atoms with van der Waals surface area (Å²) in [5.41, 5.74) is 0.609. The van der Waals surface area contributed by atoms with E-state index in [4.69, 9.17) is 0 Å². The van der Waals surface area contributed by atoms with Crippen molar-refractivity contribution in [3.63, 3.8) is 0 Å². The summed E-state index contributed by atoms with van der Waals surface area (Å²) >= 11 is 1.92. The lowest BCUT2D eigenvalue weighted by Gasteiger charge is -2.16. The Morgan fingerprint density at radius 3 is 2.90 bits per heavy atom. The summed E-state index contributed by atoms with van der Waals surface area (Å²) in [5.74, 6) is 1.08. The second-order valence-electron chi connectivity index (χ2n) is 5.11. The van der Waals surface area contributed by atoms with Gasteiger partial charge in [-0.25, -0.2) is 13.1 Å². The number of hydrogen-bond acceptors (Lipinski definition) is 5. The molecule has 1 aromatic rings. The van der Waals surface area contributed by atoms with Gasteiger partial charge in [-0.15, -0.1) is 0 Å². The van der Waals surface area contributed by atoms with Crippen molar-refractivity contribution in [2.24, 2.45) is 0 Å².